The van der Waals surface area contributed by atoms with Crippen LogP contribution in [0.1, 0.15) is 6.92 Å². The van der Waals surface area contributed by atoms with Crippen molar-refractivity contribution in [3.8, 4) is 22.6 Å². The quantitative estimate of drug-likeness (QED) is 0.496. The molecule has 30 heavy (non-hydrogen) atoms. The molecule has 2 heterocycles. The Kier molecular flexibility index (Phi) is 5.57. The highest BCUT2D eigenvalue weighted by atomic mass is 32.1. The number of amides is 2. The highest BCUT2D eigenvalue weighted by Gasteiger charge is 2.12. The fourth-order valence-electron chi connectivity index (χ4n) is 2.69. The van der Waals surface area contributed by atoms with Gasteiger partial charge < -0.3 is 10.6 Å². The lowest BCUT2D eigenvalue weighted by molar-refractivity contribution is -0.117. The topological polar surface area (TPSA) is 115 Å². The summed E-state index contributed by atoms with van der Waals surface area (Å²) in [6, 6.07) is 16.7. The Labute approximate surface area is 175 Å². The number of aromatic nitrogens is 5. The molecule has 0 spiro atoms. The number of carbonyl (C=O) groups is 2. The molecule has 10 heteroatoms. The number of anilines is 2. The van der Waals surface area contributed by atoms with Crippen molar-refractivity contribution in [1.29, 1.82) is 0 Å². The average molecular weight is 419 g/mol. The summed E-state index contributed by atoms with van der Waals surface area (Å²) >= 11 is 1.32. The van der Waals surface area contributed by atoms with Crippen LogP contribution in [-0.4, -0.2) is 37.0 Å². The molecule has 0 saturated carbocycles. The second kappa shape index (κ2) is 8.62. The zero-order valence-corrected chi connectivity index (χ0v) is 16.8. The summed E-state index contributed by atoms with van der Waals surface area (Å²) in [5, 5.41) is 19.9. The fourth-order valence-corrected chi connectivity index (χ4v) is 3.43. The third-order valence-electron chi connectivity index (χ3n) is 4.02. The van der Waals surface area contributed by atoms with Crippen LogP contribution in [0.4, 0.5) is 10.8 Å². The van der Waals surface area contributed by atoms with Gasteiger partial charge in [0.25, 0.3) is 0 Å². The van der Waals surface area contributed by atoms with Crippen LogP contribution in [0.3, 0.4) is 0 Å². The molecule has 2 N–H and O–H groups in total. The van der Waals surface area contributed by atoms with E-state index in [4.69, 9.17) is 0 Å². The van der Waals surface area contributed by atoms with Crippen LogP contribution < -0.4 is 10.6 Å². The van der Waals surface area contributed by atoms with E-state index in [0.717, 1.165) is 16.8 Å². The number of thiazole rings is 1. The first-order valence-electron chi connectivity index (χ1n) is 9.03. The van der Waals surface area contributed by atoms with Gasteiger partial charge in [0.15, 0.2) is 5.13 Å². The van der Waals surface area contributed by atoms with Gasteiger partial charge in [-0.2, -0.15) is 4.80 Å². The molecule has 9 nitrogen and oxygen atoms in total. The maximum absolute atomic E-state index is 12.3. The van der Waals surface area contributed by atoms with E-state index in [2.05, 4.69) is 31.0 Å². The van der Waals surface area contributed by atoms with Crippen molar-refractivity contribution in [3.05, 3.63) is 60.0 Å². The Morgan fingerprint density at radius 1 is 1.00 bits per heavy atom. The van der Waals surface area contributed by atoms with Crippen LogP contribution in [-0.2, 0) is 16.1 Å². The molecule has 0 bridgehead atoms. The van der Waals surface area contributed by atoms with Crippen LogP contribution in [0.25, 0.3) is 22.6 Å². The van der Waals surface area contributed by atoms with Crippen LogP contribution in [0.5, 0.6) is 0 Å². The highest BCUT2D eigenvalue weighted by Crippen LogP contribution is 2.26. The molecule has 150 valence electrons. The van der Waals surface area contributed by atoms with E-state index in [9.17, 15) is 9.59 Å². The summed E-state index contributed by atoms with van der Waals surface area (Å²) in [5.74, 6) is 0.0377. The van der Waals surface area contributed by atoms with Gasteiger partial charge in [-0.1, -0.05) is 42.5 Å². The zero-order chi connectivity index (χ0) is 20.9. The van der Waals surface area contributed by atoms with Gasteiger partial charge in [0.1, 0.15) is 6.54 Å². The lowest BCUT2D eigenvalue weighted by Crippen LogP contribution is -2.20. The molecule has 0 aliphatic rings. The second-order valence-corrected chi connectivity index (χ2v) is 7.21. The molecule has 2 amide bonds. The summed E-state index contributed by atoms with van der Waals surface area (Å²) in [6.45, 7) is 1.39. The van der Waals surface area contributed by atoms with Crippen molar-refractivity contribution < 1.29 is 9.59 Å². The molecule has 4 rings (SSSR count). The van der Waals surface area contributed by atoms with Gasteiger partial charge in [0, 0.05) is 29.1 Å². The molecule has 0 aliphatic carbocycles. The van der Waals surface area contributed by atoms with Gasteiger partial charge in [0.05, 0.1) is 5.69 Å². The molecule has 4 aromatic rings. The summed E-state index contributed by atoms with van der Waals surface area (Å²) in [6.07, 6.45) is 0. The van der Waals surface area contributed by atoms with Crippen molar-refractivity contribution in [2.75, 3.05) is 10.6 Å². The molecule has 0 aliphatic heterocycles. The number of nitrogens with one attached hydrogen (secondary N) is 2. The number of hydrogen-bond acceptors (Lipinski definition) is 7. The van der Waals surface area contributed by atoms with E-state index in [1.165, 1.54) is 23.1 Å². The van der Waals surface area contributed by atoms with Gasteiger partial charge in [-0.05, 0) is 17.3 Å². The minimum Gasteiger partial charge on any atom is -0.326 e. The summed E-state index contributed by atoms with van der Waals surface area (Å²) in [5.41, 5.74) is 3.16. The monoisotopic (exact) mass is 419 g/mol. The summed E-state index contributed by atoms with van der Waals surface area (Å²) < 4.78 is 0. The molecule has 0 unspecified atom stereocenters. The number of benzene rings is 2. The standard InChI is InChI=1S/C20H17N7O2S/c1-13(28)21-16-9-7-14(8-10-16)17-12-30-20(22-17)23-18(29)11-27-25-19(24-26-27)15-5-3-2-4-6-15/h2-10,12H,11H2,1H3,(H,21,28)(H,22,23,29). The summed E-state index contributed by atoms with van der Waals surface area (Å²) in [7, 11) is 0. The number of nitrogens with zero attached hydrogens (tertiary/aromatic N) is 5. The Morgan fingerprint density at radius 3 is 2.50 bits per heavy atom. The van der Waals surface area contributed by atoms with Gasteiger partial charge >= 0.3 is 0 Å². The minimum atomic E-state index is -0.297. The van der Waals surface area contributed by atoms with Crippen molar-refractivity contribution in [3.63, 3.8) is 0 Å². The van der Waals surface area contributed by atoms with Crippen LogP contribution >= 0.6 is 11.3 Å². The number of carbonyl (C=O) groups excluding carboxylic acids is 2. The second-order valence-electron chi connectivity index (χ2n) is 6.35. The maximum Gasteiger partial charge on any atom is 0.249 e. The van der Waals surface area contributed by atoms with E-state index < -0.39 is 0 Å². The molecule has 0 fully saturated rings. The molecule has 2 aromatic carbocycles. The Balaban J connectivity index is 1.37. The van der Waals surface area contributed by atoms with Crippen LogP contribution in [0.15, 0.2) is 60.0 Å². The smallest absolute Gasteiger partial charge is 0.249 e. The lowest BCUT2D eigenvalue weighted by atomic mass is 10.1. The van der Waals surface area contributed by atoms with E-state index in [1.807, 2.05) is 47.8 Å². The van der Waals surface area contributed by atoms with E-state index in [-0.39, 0.29) is 18.4 Å². The first-order valence-corrected chi connectivity index (χ1v) is 9.91. The lowest BCUT2D eigenvalue weighted by Gasteiger charge is -2.03. The van der Waals surface area contributed by atoms with Crippen molar-refractivity contribution in [1.82, 2.24) is 25.2 Å². The van der Waals surface area contributed by atoms with Crippen molar-refractivity contribution >= 4 is 34.0 Å². The van der Waals surface area contributed by atoms with E-state index >= 15 is 0 Å². The third-order valence-corrected chi connectivity index (χ3v) is 4.78. The fraction of sp³-hybridized carbons (Fsp3) is 0.100. The number of hydrogen-bond donors (Lipinski definition) is 2. The van der Waals surface area contributed by atoms with Gasteiger partial charge in [-0.25, -0.2) is 4.98 Å². The zero-order valence-electron chi connectivity index (χ0n) is 15.9. The van der Waals surface area contributed by atoms with Crippen LogP contribution in [0, 0.1) is 0 Å². The van der Waals surface area contributed by atoms with Gasteiger partial charge in [-0.3, -0.25) is 9.59 Å². The van der Waals surface area contributed by atoms with E-state index in [1.54, 1.807) is 12.1 Å². The largest absolute Gasteiger partial charge is 0.326 e. The molecule has 2 aromatic heterocycles. The first-order chi connectivity index (χ1) is 14.6. The molecular formula is C20H17N7O2S. The predicted octanol–water partition coefficient (Wildman–Crippen LogP) is 3.06. The van der Waals surface area contributed by atoms with Crippen LogP contribution in [0.2, 0.25) is 0 Å². The molecule has 0 atom stereocenters. The predicted molar refractivity (Wildman–Crippen MR) is 114 cm³/mol. The Bertz CT molecular complexity index is 1170. The van der Waals surface area contributed by atoms with Gasteiger partial charge in [0.2, 0.25) is 17.6 Å². The maximum atomic E-state index is 12.3. The molecular weight excluding hydrogens is 402 g/mol. The van der Waals surface area contributed by atoms with Crippen molar-refractivity contribution in [2.45, 2.75) is 13.5 Å². The SMILES string of the molecule is CC(=O)Nc1ccc(-c2csc(NC(=O)Cn3nnc(-c4ccccc4)n3)n2)cc1. The highest BCUT2D eigenvalue weighted by molar-refractivity contribution is 7.14. The van der Waals surface area contributed by atoms with E-state index in [0.29, 0.717) is 16.6 Å². The normalized spacial score (nSPS) is 10.6. The first kappa shape index (κ1) is 19.4. The molecule has 0 radical (unpaired) electrons. The Morgan fingerprint density at radius 2 is 1.77 bits per heavy atom. The molecule has 0 saturated heterocycles. The third kappa shape index (κ3) is 4.73. The van der Waals surface area contributed by atoms with Crippen molar-refractivity contribution in [2.24, 2.45) is 0 Å². The minimum absolute atomic E-state index is 0.0693. The Hall–Kier alpha value is -3.92. The number of rotatable bonds is 6. The van der Waals surface area contributed by atoms with Gasteiger partial charge in [-0.15, -0.1) is 21.5 Å². The average Bonchev–Trinajstić information content (AvgIpc) is 3.39. The summed E-state index contributed by atoms with van der Waals surface area (Å²) in [4.78, 5) is 29.1. The number of tetrazole rings is 1.